The first-order valence-corrected chi connectivity index (χ1v) is 10.2. The van der Waals surface area contributed by atoms with E-state index in [9.17, 15) is 0 Å². The Morgan fingerprint density at radius 3 is 2.41 bits per heavy atom. The third-order valence-corrected chi connectivity index (χ3v) is 6.22. The van der Waals surface area contributed by atoms with E-state index in [4.69, 9.17) is 0 Å². The van der Waals surface area contributed by atoms with Gasteiger partial charge in [0, 0.05) is 0 Å². The van der Waals surface area contributed by atoms with Crippen molar-refractivity contribution in [1.29, 1.82) is 0 Å². The number of rotatable bonds is 11. The van der Waals surface area contributed by atoms with Crippen LogP contribution >= 0.6 is 0 Å². The number of hydrogen-bond acceptors (Lipinski definition) is 0. The third-order valence-electron chi connectivity index (χ3n) is 6.22. The zero-order valence-electron chi connectivity index (χ0n) is 16.2. The van der Waals surface area contributed by atoms with E-state index >= 15 is 0 Å². The topological polar surface area (TPSA) is 0 Å². The van der Waals surface area contributed by atoms with Gasteiger partial charge in [-0.1, -0.05) is 85.3 Å². The van der Waals surface area contributed by atoms with Gasteiger partial charge in [0.05, 0.1) is 0 Å². The van der Waals surface area contributed by atoms with Gasteiger partial charge in [-0.25, -0.2) is 0 Å². The van der Waals surface area contributed by atoms with Crippen molar-refractivity contribution in [3.05, 3.63) is 12.2 Å². The van der Waals surface area contributed by atoms with Crippen molar-refractivity contribution in [1.82, 2.24) is 0 Å². The highest BCUT2D eigenvalue weighted by atomic mass is 14.4. The minimum atomic E-state index is 0.683. The molecule has 0 heterocycles. The molecule has 1 aliphatic carbocycles. The van der Waals surface area contributed by atoms with Crippen LogP contribution in [0.5, 0.6) is 0 Å². The Bertz CT molecular complexity index is 303. The highest BCUT2D eigenvalue weighted by molar-refractivity contribution is 4.91. The van der Waals surface area contributed by atoms with Crippen LogP contribution < -0.4 is 0 Å². The average molecular weight is 307 g/mol. The fourth-order valence-corrected chi connectivity index (χ4v) is 4.44. The fourth-order valence-electron chi connectivity index (χ4n) is 4.44. The van der Waals surface area contributed by atoms with E-state index in [1.807, 2.05) is 0 Å². The Hall–Kier alpha value is -0.260. The van der Waals surface area contributed by atoms with Crippen LogP contribution in [0.25, 0.3) is 0 Å². The second-order valence-electron chi connectivity index (χ2n) is 8.37. The van der Waals surface area contributed by atoms with Crippen LogP contribution in [0.1, 0.15) is 105 Å². The summed E-state index contributed by atoms with van der Waals surface area (Å²) in [5, 5.41) is 0. The molecule has 0 N–H and O–H groups in total. The van der Waals surface area contributed by atoms with E-state index < -0.39 is 0 Å². The minimum absolute atomic E-state index is 0.683. The summed E-state index contributed by atoms with van der Waals surface area (Å²) < 4.78 is 0. The maximum atomic E-state index is 2.50. The summed E-state index contributed by atoms with van der Waals surface area (Å²) in [5.41, 5.74) is 0.683. The van der Waals surface area contributed by atoms with Gasteiger partial charge >= 0.3 is 0 Å². The molecule has 4 atom stereocenters. The van der Waals surface area contributed by atoms with Crippen molar-refractivity contribution >= 4 is 0 Å². The summed E-state index contributed by atoms with van der Waals surface area (Å²) in [7, 11) is 0. The summed E-state index contributed by atoms with van der Waals surface area (Å²) in [6.45, 7) is 12.0. The quantitative estimate of drug-likeness (QED) is 0.342. The Morgan fingerprint density at radius 1 is 1.14 bits per heavy atom. The average Bonchev–Trinajstić information content (AvgIpc) is 2.89. The van der Waals surface area contributed by atoms with Crippen molar-refractivity contribution in [3.63, 3.8) is 0 Å². The van der Waals surface area contributed by atoms with E-state index in [1.54, 1.807) is 0 Å². The highest BCUT2D eigenvalue weighted by Gasteiger charge is 2.36. The molecule has 130 valence electrons. The zero-order chi connectivity index (χ0) is 16.4. The lowest BCUT2D eigenvalue weighted by atomic mass is 9.73. The lowest BCUT2D eigenvalue weighted by Gasteiger charge is -2.32. The van der Waals surface area contributed by atoms with Crippen LogP contribution in [0.15, 0.2) is 12.2 Å². The second kappa shape index (κ2) is 10.5. The Labute approximate surface area is 141 Å². The van der Waals surface area contributed by atoms with Gasteiger partial charge in [0.25, 0.3) is 0 Å². The molecule has 22 heavy (non-hydrogen) atoms. The summed E-state index contributed by atoms with van der Waals surface area (Å²) in [6.07, 6.45) is 20.3. The molecule has 0 aromatic rings. The molecule has 1 saturated carbocycles. The molecule has 0 radical (unpaired) electrons. The molecule has 0 spiro atoms. The first-order chi connectivity index (χ1) is 10.5. The van der Waals surface area contributed by atoms with Crippen molar-refractivity contribution in [2.24, 2.45) is 23.2 Å². The van der Waals surface area contributed by atoms with E-state index in [-0.39, 0.29) is 0 Å². The largest absolute Gasteiger partial charge is 0.0883 e. The first-order valence-electron chi connectivity index (χ1n) is 10.2. The molecule has 0 aromatic carbocycles. The van der Waals surface area contributed by atoms with Gasteiger partial charge in [0.1, 0.15) is 0 Å². The summed E-state index contributed by atoms with van der Waals surface area (Å²) in [5.74, 6) is 2.74. The molecule has 0 bridgehead atoms. The van der Waals surface area contributed by atoms with Gasteiger partial charge in [-0.05, 0) is 55.3 Å². The molecule has 0 aromatic heterocycles. The van der Waals surface area contributed by atoms with Crippen molar-refractivity contribution in [2.75, 3.05) is 0 Å². The summed E-state index contributed by atoms with van der Waals surface area (Å²) >= 11 is 0. The normalized spacial score (nSPS) is 28.3. The van der Waals surface area contributed by atoms with Crippen molar-refractivity contribution in [3.8, 4) is 0 Å². The number of unbranched alkanes of at least 4 members (excludes halogenated alkanes) is 1. The molecule has 1 rings (SSSR count). The van der Waals surface area contributed by atoms with Crippen LogP contribution in [0.3, 0.4) is 0 Å². The van der Waals surface area contributed by atoms with Gasteiger partial charge in [0.15, 0.2) is 0 Å². The molecule has 0 saturated heterocycles. The van der Waals surface area contributed by atoms with Gasteiger partial charge in [0.2, 0.25) is 0 Å². The maximum absolute atomic E-state index is 2.50. The van der Waals surface area contributed by atoms with Crippen molar-refractivity contribution in [2.45, 2.75) is 105 Å². The predicted octanol–water partition coefficient (Wildman–Crippen LogP) is 7.78. The minimum Gasteiger partial charge on any atom is -0.0883 e. The molecule has 1 aliphatic rings. The molecule has 4 unspecified atom stereocenters. The molecule has 0 heteroatoms. The van der Waals surface area contributed by atoms with Crippen LogP contribution in [-0.4, -0.2) is 0 Å². The van der Waals surface area contributed by atoms with Crippen LogP contribution in [0.4, 0.5) is 0 Å². The molecule has 0 amide bonds. The highest BCUT2D eigenvalue weighted by Crippen LogP contribution is 2.49. The molecular formula is C22H42. The molecule has 1 fully saturated rings. The van der Waals surface area contributed by atoms with Gasteiger partial charge in [-0.2, -0.15) is 0 Å². The van der Waals surface area contributed by atoms with E-state index in [2.05, 4.69) is 46.8 Å². The third kappa shape index (κ3) is 6.88. The Kier molecular flexibility index (Phi) is 9.45. The smallest absolute Gasteiger partial charge is 0.0295 e. The second-order valence-corrected chi connectivity index (χ2v) is 8.37. The van der Waals surface area contributed by atoms with E-state index in [0.717, 1.165) is 17.8 Å². The van der Waals surface area contributed by atoms with Crippen LogP contribution in [0.2, 0.25) is 0 Å². The van der Waals surface area contributed by atoms with Gasteiger partial charge < -0.3 is 0 Å². The lowest BCUT2D eigenvalue weighted by Crippen LogP contribution is -2.20. The van der Waals surface area contributed by atoms with Crippen molar-refractivity contribution < 1.29 is 0 Å². The monoisotopic (exact) mass is 306 g/mol. The summed E-state index contributed by atoms with van der Waals surface area (Å²) in [6, 6.07) is 0. The lowest BCUT2D eigenvalue weighted by molar-refractivity contribution is 0.200. The van der Waals surface area contributed by atoms with Gasteiger partial charge in [-0.3, -0.25) is 0 Å². The maximum Gasteiger partial charge on any atom is -0.0295 e. The Morgan fingerprint density at radius 2 is 1.86 bits per heavy atom. The Balaban J connectivity index is 2.35. The first kappa shape index (κ1) is 19.8. The van der Waals surface area contributed by atoms with Gasteiger partial charge in [-0.15, -0.1) is 0 Å². The zero-order valence-corrected chi connectivity index (χ0v) is 16.2. The molecule has 0 nitrogen and oxygen atoms in total. The number of hydrogen-bond donors (Lipinski definition) is 0. The SMILES string of the molecule is CCCCC(C)C/C=C/CC(CC)CC1(CC)CCC(C)C1. The standard InChI is InChI=1S/C22H42/c1-6-9-12-19(4)13-10-11-14-21(7-2)18-22(8-3)16-15-20(5)17-22/h10-11,19-21H,6-9,12-18H2,1-5H3/b11-10+. The van der Waals surface area contributed by atoms with E-state index in [1.165, 1.54) is 70.6 Å². The van der Waals surface area contributed by atoms with Crippen LogP contribution in [0, 0.1) is 23.2 Å². The van der Waals surface area contributed by atoms with E-state index in [0.29, 0.717) is 5.41 Å². The summed E-state index contributed by atoms with van der Waals surface area (Å²) in [4.78, 5) is 0. The molecular weight excluding hydrogens is 264 g/mol. The van der Waals surface area contributed by atoms with Crippen LogP contribution in [-0.2, 0) is 0 Å². The fraction of sp³-hybridized carbons (Fsp3) is 0.909. The molecule has 0 aliphatic heterocycles. The predicted molar refractivity (Wildman–Crippen MR) is 101 cm³/mol. The number of allylic oxidation sites excluding steroid dienone is 2.